The predicted octanol–water partition coefficient (Wildman–Crippen LogP) is 7.41. The first-order valence-corrected chi connectivity index (χ1v) is 9.97. The number of fused-ring (bicyclic) bond motifs is 1. The third kappa shape index (κ3) is 5.35. The Bertz CT molecular complexity index is 949. The fourth-order valence-corrected chi connectivity index (χ4v) is 3.38. The first-order chi connectivity index (χ1) is 14.1. The number of aryl methyl sites for hydroxylation is 1. The second-order valence-corrected chi connectivity index (χ2v) is 6.96. The van der Waals surface area contributed by atoms with Crippen LogP contribution in [-0.2, 0) is 6.42 Å². The summed E-state index contributed by atoms with van der Waals surface area (Å²) in [6.07, 6.45) is 6.31. The molecule has 0 unspecified atom stereocenters. The number of halogens is 2. The second kappa shape index (κ2) is 10.1. The number of alkyl halides is 2. The predicted molar refractivity (Wildman–Crippen MR) is 115 cm³/mol. The molecule has 0 heterocycles. The van der Waals surface area contributed by atoms with E-state index in [2.05, 4.69) is 37.8 Å². The Balaban J connectivity index is 1.90. The van der Waals surface area contributed by atoms with Crippen molar-refractivity contribution in [2.24, 2.45) is 0 Å². The van der Waals surface area contributed by atoms with Gasteiger partial charge < -0.3 is 9.47 Å². The molecular formula is C25H26F2O2. The highest BCUT2D eigenvalue weighted by atomic mass is 19.3. The van der Waals surface area contributed by atoms with E-state index in [0.29, 0.717) is 5.39 Å². The van der Waals surface area contributed by atoms with Gasteiger partial charge in [0.1, 0.15) is 6.61 Å². The van der Waals surface area contributed by atoms with Gasteiger partial charge in [0.15, 0.2) is 11.5 Å². The van der Waals surface area contributed by atoms with Crippen LogP contribution in [-0.4, -0.2) is 13.2 Å². The van der Waals surface area contributed by atoms with E-state index < -0.39 is 6.61 Å². The van der Waals surface area contributed by atoms with Crippen molar-refractivity contribution in [2.75, 3.05) is 6.61 Å². The van der Waals surface area contributed by atoms with Gasteiger partial charge in [0, 0.05) is 5.39 Å². The van der Waals surface area contributed by atoms with Crippen LogP contribution in [0.3, 0.4) is 0 Å². The Morgan fingerprint density at radius 3 is 2.41 bits per heavy atom. The number of hydrogen-bond acceptors (Lipinski definition) is 2. The lowest BCUT2D eigenvalue weighted by atomic mass is 9.98. The highest BCUT2D eigenvalue weighted by Gasteiger charge is 2.15. The molecule has 0 aliphatic heterocycles. The van der Waals surface area contributed by atoms with E-state index in [4.69, 9.17) is 9.47 Å². The standard InChI is InChI=1S/C25H26F2O2/c1-3-5-6-7-18-8-10-19(11-9-18)20-12-14-22-21(17-20)13-15-23(28-16-4-2)24(22)29-25(26)27/h4,8-15,17,25H,2-3,5-7,16H2,1H3. The number of unbranched alkanes of at least 4 members (excludes halogenated alkanes) is 2. The van der Waals surface area contributed by atoms with Crippen LogP contribution in [0, 0.1) is 0 Å². The van der Waals surface area contributed by atoms with E-state index in [-0.39, 0.29) is 18.1 Å². The van der Waals surface area contributed by atoms with Gasteiger partial charge in [-0.1, -0.05) is 68.8 Å². The summed E-state index contributed by atoms with van der Waals surface area (Å²) in [6, 6.07) is 17.8. The van der Waals surface area contributed by atoms with Crippen molar-refractivity contribution in [3.05, 3.63) is 72.8 Å². The lowest BCUT2D eigenvalue weighted by Gasteiger charge is -2.15. The molecule has 0 bridgehead atoms. The molecule has 0 aromatic heterocycles. The van der Waals surface area contributed by atoms with Crippen molar-refractivity contribution in [2.45, 2.75) is 39.2 Å². The third-order valence-electron chi connectivity index (χ3n) is 4.85. The first-order valence-electron chi connectivity index (χ1n) is 9.97. The Morgan fingerprint density at radius 1 is 0.966 bits per heavy atom. The topological polar surface area (TPSA) is 18.5 Å². The normalized spacial score (nSPS) is 11.0. The Hall–Kier alpha value is -2.88. The molecule has 2 nitrogen and oxygen atoms in total. The highest BCUT2D eigenvalue weighted by Crippen LogP contribution is 2.38. The summed E-state index contributed by atoms with van der Waals surface area (Å²) in [5.74, 6) is 0.332. The maximum absolute atomic E-state index is 12.9. The highest BCUT2D eigenvalue weighted by molar-refractivity contribution is 5.93. The smallest absolute Gasteiger partial charge is 0.387 e. The van der Waals surface area contributed by atoms with Crippen LogP contribution in [0.2, 0.25) is 0 Å². The minimum atomic E-state index is -2.92. The molecule has 0 saturated carbocycles. The minimum Gasteiger partial charge on any atom is -0.486 e. The average molecular weight is 396 g/mol. The van der Waals surface area contributed by atoms with Crippen molar-refractivity contribution < 1.29 is 18.3 Å². The van der Waals surface area contributed by atoms with E-state index in [1.807, 2.05) is 18.2 Å². The molecule has 0 atom stereocenters. The van der Waals surface area contributed by atoms with E-state index in [1.165, 1.54) is 24.8 Å². The number of benzene rings is 3. The second-order valence-electron chi connectivity index (χ2n) is 6.96. The molecular weight excluding hydrogens is 370 g/mol. The molecule has 0 saturated heterocycles. The van der Waals surface area contributed by atoms with Crippen molar-refractivity contribution in [3.8, 4) is 22.6 Å². The van der Waals surface area contributed by atoms with Gasteiger partial charge in [0.2, 0.25) is 0 Å². The zero-order chi connectivity index (χ0) is 20.6. The monoisotopic (exact) mass is 396 g/mol. The zero-order valence-corrected chi connectivity index (χ0v) is 16.7. The fourth-order valence-electron chi connectivity index (χ4n) is 3.38. The maximum atomic E-state index is 12.9. The largest absolute Gasteiger partial charge is 0.486 e. The summed E-state index contributed by atoms with van der Waals surface area (Å²) in [7, 11) is 0. The van der Waals surface area contributed by atoms with Gasteiger partial charge in [-0.05, 0) is 53.1 Å². The van der Waals surface area contributed by atoms with Crippen LogP contribution < -0.4 is 9.47 Å². The first kappa shape index (κ1) is 20.8. The van der Waals surface area contributed by atoms with Crippen LogP contribution in [0.1, 0.15) is 31.7 Å². The molecule has 0 aliphatic carbocycles. The molecule has 0 fully saturated rings. The third-order valence-corrected chi connectivity index (χ3v) is 4.85. The zero-order valence-electron chi connectivity index (χ0n) is 16.7. The van der Waals surface area contributed by atoms with Crippen LogP contribution >= 0.6 is 0 Å². The quantitative estimate of drug-likeness (QED) is 0.262. The summed E-state index contributed by atoms with van der Waals surface area (Å²) in [5, 5.41) is 1.41. The van der Waals surface area contributed by atoms with Crippen LogP contribution in [0.15, 0.2) is 67.3 Å². The van der Waals surface area contributed by atoms with Gasteiger partial charge >= 0.3 is 6.61 Å². The number of rotatable bonds is 10. The summed E-state index contributed by atoms with van der Waals surface area (Å²) in [5.41, 5.74) is 3.45. The molecule has 0 N–H and O–H groups in total. The van der Waals surface area contributed by atoms with Crippen molar-refractivity contribution in [1.82, 2.24) is 0 Å². The molecule has 0 spiro atoms. The fraction of sp³-hybridized carbons (Fsp3) is 0.280. The summed E-state index contributed by atoms with van der Waals surface area (Å²) in [6.45, 7) is 3.08. The molecule has 152 valence electrons. The van der Waals surface area contributed by atoms with Gasteiger partial charge in [-0.3, -0.25) is 0 Å². The molecule has 29 heavy (non-hydrogen) atoms. The Labute approximate surface area is 170 Å². The summed E-state index contributed by atoms with van der Waals surface area (Å²) >= 11 is 0. The van der Waals surface area contributed by atoms with Crippen LogP contribution in [0.25, 0.3) is 21.9 Å². The van der Waals surface area contributed by atoms with E-state index in [0.717, 1.165) is 22.9 Å². The lowest BCUT2D eigenvalue weighted by Crippen LogP contribution is -2.05. The Kier molecular flexibility index (Phi) is 7.23. The van der Waals surface area contributed by atoms with Gasteiger partial charge in [-0.15, -0.1) is 0 Å². The van der Waals surface area contributed by atoms with Gasteiger partial charge in [0.25, 0.3) is 0 Å². The molecule has 0 aliphatic rings. The Morgan fingerprint density at radius 2 is 1.72 bits per heavy atom. The molecule has 3 aromatic carbocycles. The summed E-state index contributed by atoms with van der Waals surface area (Å²) in [4.78, 5) is 0. The molecule has 4 heteroatoms. The number of hydrogen-bond donors (Lipinski definition) is 0. The lowest BCUT2D eigenvalue weighted by molar-refractivity contribution is -0.0502. The van der Waals surface area contributed by atoms with Crippen LogP contribution in [0.4, 0.5) is 8.78 Å². The van der Waals surface area contributed by atoms with E-state index >= 15 is 0 Å². The van der Waals surface area contributed by atoms with Crippen molar-refractivity contribution in [3.63, 3.8) is 0 Å². The van der Waals surface area contributed by atoms with Gasteiger partial charge in [-0.25, -0.2) is 0 Å². The SMILES string of the molecule is C=CCOc1ccc2cc(-c3ccc(CCCCC)cc3)ccc2c1OC(F)F. The average Bonchev–Trinajstić information content (AvgIpc) is 2.73. The number of ether oxygens (including phenoxy) is 2. The van der Waals surface area contributed by atoms with Gasteiger partial charge in [-0.2, -0.15) is 8.78 Å². The van der Waals surface area contributed by atoms with E-state index in [1.54, 1.807) is 18.2 Å². The van der Waals surface area contributed by atoms with E-state index in [9.17, 15) is 8.78 Å². The molecule has 3 aromatic rings. The molecule has 3 rings (SSSR count). The summed E-state index contributed by atoms with van der Waals surface area (Å²) < 4.78 is 36.2. The van der Waals surface area contributed by atoms with Crippen LogP contribution in [0.5, 0.6) is 11.5 Å². The van der Waals surface area contributed by atoms with Crippen molar-refractivity contribution in [1.29, 1.82) is 0 Å². The molecule has 0 amide bonds. The maximum Gasteiger partial charge on any atom is 0.387 e. The van der Waals surface area contributed by atoms with Crippen molar-refractivity contribution >= 4 is 10.8 Å². The molecule has 0 radical (unpaired) electrons. The van der Waals surface area contributed by atoms with Gasteiger partial charge in [0.05, 0.1) is 0 Å². The minimum absolute atomic E-state index is 0.0529.